The van der Waals surface area contributed by atoms with Crippen molar-refractivity contribution in [3.05, 3.63) is 66.0 Å². The largest absolute Gasteiger partial charge is 0.489 e. The lowest BCUT2D eigenvalue weighted by atomic mass is 10.2. The Morgan fingerprint density at radius 2 is 1.69 bits per heavy atom. The van der Waals surface area contributed by atoms with Crippen molar-refractivity contribution in [3.8, 4) is 5.75 Å². The first-order chi connectivity index (χ1) is 12.7. The molecule has 1 saturated heterocycles. The number of amides is 2. The van der Waals surface area contributed by atoms with Crippen molar-refractivity contribution in [2.45, 2.75) is 6.54 Å². The second-order valence-corrected chi connectivity index (χ2v) is 6.25. The standard InChI is InChI=1S/C20H24FN3O2/c21-18-8-4-5-9-19(18)26-15-14-23-10-12-24(13-11-23)20(25)22-16-17-6-2-1-3-7-17/h1-9H,10-16H2,(H,22,25). The lowest BCUT2D eigenvalue weighted by Crippen LogP contribution is -2.52. The average Bonchev–Trinajstić information content (AvgIpc) is 2.69. The number of urea groups is 1. The smallest absolute Gasteiger partial charge is 0.317 e. The maximum absolute atomic E-state index is 13.5. The predicted octanol–water partition coefficient (Wildman–Crippen LogP) is 2.73. The molecule has 0 aliphatic carbocycles. The highest BCUT2D eigenvalue weighted by molar-refractivity contribution is 5.74. The zero-order valence-corrected chi connectivity index (χ0v) is 14.7. The molecule has 0 unspecified atom stereocenters. The number of carbonyl (C=O) groups excluding carboxylic acids is 1. The monoisotopic (exact) mass is 357 g/mol. The predicted molar refractivity (Wildman–Crippen MR) is 98.6 cm³/mol. The minimum atomic E-state index is -0.340. The van der Waals surface area contributed by atoms with E-state index in [9.17, 15) is 9.18 Å². The van der Waals surface area contributed by atoms with Gasteiger partial charge in [0.1, 0.15) is 6.61 Å². The van der Waals surface area contributed by atoms with Crippen LogP contribution < -0.4 is 10.1 Å². The number of nitrogens with one attached hydrogen (secondary N) is 1. The lowest BCUT2D eigenvalue weighted by molar-refractivity contribution is 0.125. The number of hydrogen-bond acceptors (Lipinski definition) is 3. The topological polar surface area (TPSA) is 44.8 Å². The molecule has 138 valence electrons. The lowest BCUT2D eigenvalue weighted by Gasteiger charge is -2.34. The number of hydrogen-bond donors (Lipinski definition) is 1. The molecule has 0 bridgehead atoms. The molecule has 1 N–H and O–H groups in total. The molecular weight excluding hydrogens is 333 g/mol. The molecule has 1 aliphatic heterocycles. The molecule has 2 aromatic carbocycles. The molecule has 2 aromatic rings. The summed E-state index contributed by atoms with van der Waals surface area (Å²) in [6, 6.07) is 16.3. The van der Waals surface area contributed by atoms with Gasteiger partial charge in [-0.3, -0.25) is 4.90 Å². The summed E-state index contributed by atoms with van der Waals surface area (Å²) < 4.78 is 19.0. The summed E-state index contributed by atoms with van der Waals surface area (Å²) in [5, 5.41) is 2.96. The summed E-state index contributed by atoms with van der Waals surface area (Å²) >= 11 is 0. The Morgan fingerprint density at radius 1 is 1.00 bits per heavy atom. The average molecular weight is 357 g/mol. The van der Waals surface area contributed by atoms with E-state index in [1.165, 1.54) is 6.07 Å². The molecule has 1 fully saturated rings. The van der Waals surface area contributed by atoms with Gasteiger partial charge in [-0.25, -0.2) is 9.18 Å². The van der Waals surface area contributed by atoms with Gasteiger partial charge in [0.05, 0.1) is 0 Å². The third-order valence-corrected chi connectivity index (χ3v) is 4.45. The summed E-state index contributed by atoms with van der Waals surface area (Å²) in [7, 11) is 0. The summed E-state index contributed by atoms with van der Waals surface area (Å²) in [6.45, 7) is 4.63. The van der Waals surface area contributed by atoms with Crippen LogP contribution in [0.4, 0.5) is 9.18 Å². The molecule has 26 heavy (non-hydrogen) atoms. The van der Waals surface area contributed by atoms with E-state index in [1.807, 2.05) is 35.2 Å². The third kappa shape index (κ3) is 5.20. The minimum absolute atomic E-state index is 0.0314. The number of ether oxygens (including phenoxy) is 1. The van der Waals surface area contributed by atoms with Gasteiger partial charge < -0.3 is 15.0 Å². The molecule has 0 saturated carbocycles. The first-order valence-electron chi connectivity index (χ1n) is 8.89. The van der Waals surface area contributed by atoms with Crippen molar-refractivity contribution in [2.75, 3.05) is 39.3 Å². The quantitative estimate of drug-likeness (QED) is 0.865. The Bertz CT molecular complexity index is 703. The maximum atomic E-state index is 13.5. The number of piperazine rings is 1. The number of benzene rings is 2. The molecule has 0 spiro atoms. The van der Waals surface area contributed by atoms with Crippen LogP contribution in [0.2, 0.25) is 0 Å². The second-order valence-electron chi connectivity index (χ2n) is 6.25. The Hall–Kier alpha value is -2.60. The van der Waals surface area contributed by atoms with Crippen LogP contribution in [0, 0.1) is 5.82 Å². The van der Waals surface area contributed by atoms with Crippen molar-refractivity contribution in [1.29, 1.82) is 0 Å². The van der Waals surface area contributed by atoms with E-state index in [0.29, 0.717) is 32.8 Å². The Balaban J connectivity index is 1.34. The van der Waals surface area contributed by atoms with Gasteiger partial charge in [0.2, 0.25) is 0 Å². The van der Waals surface area contributed by atoms with Crippen LogP contribution in [0.5, 0.6) is 5.75 Å². The van der Waals surface area contributed by atoms with Crippen LogP contribution in [0.3, 0.4) is 0 Å². The molecule has 5 nitrogen and oxygen atoms in total. The summed E-state index contributed by atoms with van der Waals surface area (Å²) in [5.41, 5.74) is 1.09. The van der Waals surface area contributed by atoms with Gasteiger partial charge in [0.15, 0.2) is 11.6 Å². The van der Waals surface area contributed by atoms with Crippen LogP contribution in [0.25, 0.3) is 0 Å². The van der Waals surface area contributed by atoms with E-state index in [4.69, 9.17) is 4.74 Å². The first kappa shape index (κ1) is 18.2. The molecule has 0 aromatic heterocycles. The van der Waals surface area contributed by atoms with E-state index in [0.717, 1.165) is 18.7 Å². The Kier molecular flexibility index (Phi) is 6.44. The van der Waals surface area contributed by atoms with Gasteiger partial charge in [-0.2, -0.15) is 0 Å². The SMILES string of the molecule is O=C(NCc1ccccc1)N1CCN(CCOc2ccccc2F)CC1. The van der Waals surface area contributed by atoms with Crippen molar-refractivity contribution in [2.24, 2.45) is 0 Å². The van der Waals surface area contributed by atoms with Crippen molar-refractivity contribution in [3.63, 3.8) is 0 Å². The third-order valence-electron chi connectivity index (χ3n) is 4.45. The summed E-state index contributed by atoms with van der Waals surface area (Å²) in [5.74, 6) is -0.0566. The van der Waals surface area contributed by atoms with E-state index in [2.05, 4.69) is 10.2 Å². The summed E-state index contributed by atoms with van der Waals surface area (Å²) in [6.07, 6.45) is 0. The highest BCUT2D eigenvalue weighted by atomic mass is 19.1. The Morgan fingerprint density at radius 3 is 2.42 bits per heavy atom. The normalized spacial score (nSPS) is 14.9. The van der Waals surface area contributed by atoms with E-state index in [-0.39, 0.29) is 17.6 Å². The summed E-state index contributed by atoms with van der Waals surface area (Å²) in [4.78, 5) is 16.3. The molecule has 0 atom stereocenters. The molecule has 2 amide bonds. The van der Waals surface area contributed by atoms with E-state index >= 15 is 0 Å². The van der Waals surface area contributed by atoms with Crippen LogP contribution in [-0.2, 0) is 6.54 Å². The number of nitrogens with zero attached hydrogens (tertiary/aromatic N) is 2. The number of halogens is 1. The zero-order valence-electron chi connectivity index (χ0n) is 14.7. The molecule has 1 heterocycles. The maximum Gasteiger partial charge on any atom is 0.317 e. The van der Waals surface area contributed by atoms with Crippen LogP contribution in [0.1, 0.15) is 5.56 Å². The molecule has 6 heteroatoms. The molecule has 1 aliphatic rings. The van der Waals surface area contributed by atoms with Gasteiger partial charge in [0.25, 0.3) is 0 Å². The van der Waals surface area contributed by atoms with Crippen molar-refractivity contribution < 1.29 is 13.9 Å². The molecular formula is C20H24FN3O2. The highest BCUT2D eigenvalue weighted by Gasteiger charge is 2.20. The molecule has 0 radical (unpaired) electrons. The van der Waals surface area contributed by atoms with Crippen molar-refractivity contribution in [1.82, 2.24) is 15.1 Å². The first-order valence-corrected chi connectivity index (χ1v) is 8.89. The fourth-order valence-corrected chi connectivity index (χ4v) is 2.91. The zero-order chi connectivity index (χ0) is 18.2. The number of para-hydroxylation sites is 1. The van der Waals surface area contributed by atoms with Gasteiger partial charge in [-0.15, -0.1) is 0 Å². The van der Waals surface area contributed by atoms with Gasteiger partial charge >= 0.3 is 6.03 Å². The van der Waals surface area contributed by atoms with Gasteiger partial charge in [-0.05, 0) is 17.7 Å². The molecule has 3 rings (SSSR count). The fraction of sp³-hybridized carbons (Fsp3) is 0.350. The number of rotatable bonds is 6. The number of carbonyl (C=O) groups is 1. The fourth-order valence-electron chi connectivity index (χ4n) is 2.91. The minimum Gasteiger partial charge on any atom is -0.489 e. The van der Waals surface area contributed by atoms with Crippen molar-refractivity contribution >= 4 is 6.03 Å². The van der Waals surface area contributed by atoms with Crippen LogP contribution >= 0.6 is 0 Å². The van der Waals surface area contributed by atoms with Gasteiger partial charge in [-0.1, -0.05) is 42.5 Å². The Labute approximate surface area is 153 Å². The van der Waals surface area contributed by atoms with E-state index < -0.39 is 0 Å². The van der Waals surface area contributed by atoms with E-state index in [1.54, 1.807) is 18.2 Å². The van der Waals surface area contributed by atoms with Crippen LogP contribution in [0.15, 0.2) is 54.6 Å². The van der Waals surface area contributed by atoms with Crippen LogP contribution in [-0.4, -0.2) is 55.2 Å². The second kappa shape index (κ2) is 9.20. The van der Waals surface area contributed by atoms with Gasteiger partial charge in [0, 0.05) is 39.3 Å². The highest BCUT2D eigenvalue weighted by Crippen LogP contribution is 2.15.